The third kappa shape index (κ3) is 4.40. The summed E-state index contributed by atoms with van der Waals surface area (Å²) in [6.07, 6.45) is 12.2. The van der Waals surface area contributed by atoms with Crippen LogP contribution in [0.3, 0.4) is 0 Å². The molecule has 1 aliphatic heterocycles. The number of nitrogens with zero attached hydrogens (tertiary/aromatic N) is 1. The predicted octanol–water partition coefficient (Wildman–Crippen LogP) is 2.54. The summed E-state index contributed by atoms with van der Waals surface area (Å²) in [6.45, 7) is 2.04. The highest BCUT2D eigenvalue weighted by atomic mass is 16.3. The number of urea groups is 1. The van der Waals surface area contributed by atoms with E-state index in [1.807, 2.05) is 4.90 Å². The van der Waals surface area contributed by atoms with Gasteiger partial charge >= 0.3 is 6.03 Å². The first-order chi connectivity index (χ1) is 11.7. The fourth-order valence-corrected chi connectivity index (χ4v) is 3.31. The molecule has 0 aromatic carbocycles. The molecular formula is C18H25N3O3. The lowest BCUT2D eigenvalue weighted by molar-refractivity contribution is 0.0707. The van der Waals surface area contributed by atoms with Gasteiger partial charge < -0.3 is 20.0 Å². The van der Waals surface area contributed by atoms with Gasteiger partial charge in [-0.25, -0.2) is 4.79 Å². The van der Waals surface area contributed by atoms with Crippen LogP contribution in [0.2, 0.25) is 0 Å². The molecule has 0 spiro atoms. The zero-order chi connectivity index (χ0) is 16.8. The van der Waals surface area contributed by atoms with E-state index < -0.39 is 0 Å². The number of carbonyl (C=O) groups excluding carboxylic acids is 2. The molecule has 1 aromatic rings. The van der Waals surface area contributed by atoms with Crippen LogP contribution in [0.1, 0.15) is 42.5 Å². The van der Waals surface area contributed by atoms with E-state index in [1.54, 1.807) is 6.07 Å². The molecule has 1 aliphatic carbocycles. The van der Waals surface area contributed by atoms with E-state index in [0.29, 0.717) is 24.6 Å². The maximum atomic E-state index is 12.2. The summed E-state index contributed by atoms with van der Waals surface area (Å²) < 4.78 is 4.96. The summed E-state index contributed by atoms with van der Waals surface area (Å²) >= 11 is 0. The molecule has 1 unspecified atom stereocenters. The summed E-state index contributed by atoms with van der Waals surface area (Å²) in [4.78, 5) is 26.1. The lowest BCUT2D eigenvalue weighted by atomic mass is 9.94. The molecule has 2 N–H and O–H groups in total. The number of nitrogens with one attached hydrogen (secondary N) is 2. The van der Waals surface area contributed by atoms with E-state index in [4.69, 9.17) is 4.42 Å². The molecule has 2 heterocycles. The lowest BCUT2D eigenvalue weighted by Crippen LogP contribution is -2.49. The van der Waals surface area contributed by atoms with Crippen molar-refractivity contribution in [2.75, 3.05) is 19.6 Å². The number of amides is 3. The number of carbonyl (C=O) groups is 2. The standard InChI is InChI=1S/C18H25N3O3/c22-17(15-8-11-24-13-15)21-9-6-16(7-10-21)20-18(23)19-12-14-4-2-1-3-5-14/h1-2,8,11,13-14,16H,3-7,9-10,12H2,(H2,19,20,23). The smallest absolute Gasteiger partial charge is 0.315 e. The lowest BCUT2D eigenvalue weighted by Gasteiger charge is -2.32. The van der Waals surface area contributed by atoms with Gasteiger partial charge in [-0.2, -0.15) is 0 Å². The molecular weight excluding hydrogens is 306 g/mol. The Morgan fingerprint density at radius 1 is 1.21 bits per heavy atom. The monoisotopic (exact) mass is 331 g/mol. The van der Waals surface area contributed by atoms with Gasteiger partial charge in [0.2, 0.25) is 0 Å². The van der Waals surface area contributed by atoms with Gasteiger partial charge in [0.1, 0.15) is 6.26 Å². The Hall–Kier alpha value is -2.24. The number of hydrogen-bond acceptors (Lipinski definition) is 3. The quantitative estimate of drug-likeness (QED) is 0.833. The molecule has 6 heteroatoms. The van der Waals surface area contributed by atoms with Gasteiger partial charge in [-0.1, -0.05) is 12.2 Å². The van der Waals surface area contributed by atoms with Crippen molar-refractivity contribution >= 4 is 11.9 Å². The van der Waals surface area contributed by atoms with Crippen molar-refractivity contribution in [3.05, 3.63) is 36.3 Å². The van der Waals surface area contributed by atoms with Gasteiger partial charge in [-0.15, -0.1) is 0 Å². The predicted molar refractivity (Wildman–Crippen MR) is 90.6 cm³/mol. The molecule has 1 atom stereocenters. The highest BCUT2D eigenvalue weighted by molar-refractivity contribution is 5.93. The van der Waals surface area contributed by atoms with Crippen LogP contribution < -0.4 is 10.6 Å². The third-order valence-corrected chi connectivity index (χ3v) is 4.81. The van der Waals surface area contributed by atoms with Gasteiger partial charge in [0.15, 0.2) is 0 Å². The first-order valence-electron chi connectivity index (χ1n) is 8.73. The molecule has 0 bridgehead atoms. The highest BCUT2D eigenvalue weighted by Gasteiger charge is 2.25. The SMILES string of the molecule is O=C(NCC1CC=CCC1)NC1CCN(C(=O)c2ccoc2)CC1. The van der Waals surface area contributed by atoms with Crippen molar-refractivity contribution in [2.45, 2.75) is 38.1 Å². The summed E-state index contributed by atoms with van der Waals surface area (Å²) in [5, 5.41) is 6.01. The maximum Gasteiger partial charge on any atom is 0.315 e. The Labute approximate surface area is 142 Å². The molecule has 3 amide bonds. The Balaban J connectivity index is 1.36. The normalized spacial score (nSPS) is 21.5. The number of allylic oxidation sites excluding steroid dienone is 2. The van der Waals surface area contributed by atoms with Crippen LogP contribution in [0.4, 0.5) is 4.79 Å². The number of piperidine rings is 1. The van der Waals surface area contributed by atoms with Crippen LogP contribution in [-0.4, -0.2) is 42.5 Å². The van der Waals surface area contributed by atoms with Gasteiger partial charge in [-0.05, 0) is 44.1 Å². The van der Waals surface area contributed by atoms with E-state index in [0.717, 1.165) is 38.6 Å². The number of likely N-dealkylation sites (tertiary alicyclic amines) is 1. The second kappa shape index (κ2) is 8.04. The van der Waals surface area contributed by atoms with Crippen LogP contribution in [0.25, 0.3) is 0 Å². The van der Waals surface area contributed by atoms with Crippen molar-refractivity contribution in [3.63, 3.8) is 0 Å². The number of rotatable bonds is 4. The Bertz CT molecular complexity index is 574. The molecule has 3 rings (SSSR count). The maximum absolute atomic E-state index is 12.2. The van der Waals surface area contributed by atoms with Crippen LogP contribution in [-0.2, 0) is 0 Å². The number of furan rings is 1. The molecule has 24 heavy (non-hydrogen) atoms. The topological polar surface area (TPSA) is 74.6 Å². The van der Waals surface area contributed by atoms with Gasteiger partial charge in [0.25, 0.3) is 5.91 Å². The van der Waals surface area contributed by atoms with Crippen molar-refractivity contribution in [1.29, 1.82) is 0 Å². The summed E-state index contributed by atoms with van der Waals surface area (Å²) in [5.74, 6) is 0.548. The van der Waals surface area contributed by atoms with E-state index in [1.165, 1.54) is 12.5 Å². The van der Waals surface area contributed by atoms with Crippen molar-refractivity contribution in [2.24, 2.45) is 5.92 Å². The van der Waals surface area contributed by atoms with Gasteiger partial charge in [0, 0.05) is 25.7 Å². The second-order valence-electron chi connectivity index (χ2n) is 6.58. The van der Waals surface area contributed by atoms with Gasteiger partial charge in [0.05, 0.1) is 11.8 Å². The first-order valence-corrected chi connectivity index (χ1v) is 8.73. The van der Waals surface area contributed by atoms with Crippen LogP contribution >= 0.6 is 0 Å². The van der Waals surface area contributed by atoms with Crippen molar-refractivity contribution in [1.82, 2.24) is 15.5 Å². The minimum Gasteiger partial charge on any atom is -0.472 e. The Morgan fingerprint density at radius 2 is 2.04 bits per heavy atom. The van der Waals surface area contributed by atoms with E-state index in [9.17, 15) is 9.59 Å². The number of hydrogen-bond donors (Lipinski definition) is 2. The molecule has 1 aromatic heterocycles. The average Bonchev–Trinajstić information content (AvgIpc) is 3.16. The van der Waals surface area contributed by atoms with Crippen LogP contribution in [0, 0.1) is 5.92 Å². The molecule has 1 fully saturated rings. The molecule has 1 saturated heterocycles. The van der Waals surface area contributed by atoms with Gasteiger partial charge in [-0.3, -0.25) is 4.79 Å². The van der Waals surface area contributed by atoms with E-state index in [2.05, 4.69) is 22.8 Å². The molecule has 130 valence electrons. The Morgan fingerprint density at radius 3 is 2.71 bits per heavy atom. The van der Waals surface area contributed by atoms with Crippen LogP contribution in [0.5, 0.6) is 0 Å². The van der Waals surface area contributed by atoms with Crippen LogP contribution in [0.15, 0.2) is 35.2 Å². The summed E-state index contributed by atoms with van der Waals surface area (Å²) in [6, 6.07) is 1.72. The summed E-state index contributed by atoms with van der Waals surface area (Å²) in [5.41, 5.74) is 0.584. The fourth-order valence-electron chi connectivity index (χ4n) is 3.31. The minimum atomic E-state index is -0.0934. The molecule has 6 nitrogen and oxygen atoms in total. The zero-order valence-electron chi connectivity index (χ0n) is 13.9. The van der Waals surface area contributed by atoms with Crippen molar-refractivity contribution < 1.29 is 14.0 Å². The molecule has 0 radical (unpaired) electrons. The van der Waals surface area contributed by atoms with E-state index >= 15 is 0 Å². The first kappa shape index (κ1) is 16.6. The second-order valence-corrected chi connectivity index (χ2v) is 6.58. The molecule has 0 saturated carbocycles. The summed E-state index contributed by atoms with van der Waals surface area (Å²) in [7, 11) is 0. The Kier molecular flexibility index (Phi) is 5.56. The fraction of sp³-hybridized carbons (Fsp3) is 0.556. The average molecular weight is 331 g/mol. The minimum absolute atomic E-state index is 0.00277. The largest absolute Gasteiger partial charge is 0.472 e. The van der Waals surface area contributed by atoms with E-state index in [-0.39, 0.29) is 18.0 Å². The zero-order valence-corrected chi connectivity index (χ0v) is 13.9. The molecule has 2 aliphatic rings. The third-order valence-electron chi connectivity index (χ3n) is 4.81. The highest BCUT2D eigenvalue weighted by Crippen LogP contribution is 2.17. The van der Waals surface area contributed by atoms with Crippen molar-refractivity contribution in [3.8, 4) is 0 Å².